The van der Waals surface area contributed by atoms with Gasteiger partial charge in [0.25, 0.3) is 0 Å². The fourth-order valence-electron chi connectivity index (χ4n) is 3.90. The van der Waals surface area contributed by atoms with Crippen molar-refractivity contribution in [2.75, 3.05) is 26.2 Å². The molecule has 1 unspecified atom stereocenters. The normalized spacial score (nSPS) is 27.6. The van der Waals surface area contributed by atoms with E-state index in [9.17, 15) is 4.79 Å². The average molecular weight is 306 g/mol. The first-order chi connectivity index (χ1) is 10.7. The lowest BCUT2D eigenvalue weighted by Crippen LogP contribution is -2.38. The van der Waals surface area contributed by atoms with Crippen molar-refractivity contribution in [2.24, 2.45) is 7.05 Å². The topological polar surface area (TPSA) is 52.3 Å². The van der Waals surface area contributed by atoms with E-state index in [1.54, 1.807) is 7.05 Å². The molecular formula is C16H26N4O2. The van der Waals surface area contributed by atoms with Crippen LogP contribution in [-0.2, 0) is 11.8 Å². The summed E-state index contributed by atoms with van der Waals surface area (Å²) in [5, 5.41) is 4.55. The van der Waals surface area contributed by atoms with Gasteiger partial charge in [0.05, 0.1) is 6.10 Å². The molecule has 1 atom stereocenters. The minimum atomic E-state index is 0.0688. The Morgan fingerprint density at radius 1 is 1.18 bits per heavy atom. The van der Waals surface area contributed by atoms with Crippen LogP contribution in [0.25, 0.3) is 0 Å². The summed E-state index contributed by atoms with van der Waals surface area (Å²) in [5.74, 6) is 1.47. The van der Waals surface area contributed by atoms with Gasteiger partial charge in [-0.25, -0.2) is 9.48 Å². The second-order valence-corrected chi connectivity index (χ2v) is 7.08. The van der Waals surface area contributed by atoms with E-state index in [1.807, 2.05) is 4.57 Å². The molecule has 0 bridgehead atoms. The van der Waals surface area contributed by atoms with Gasteiger partial charge in [-0.15, -0.1) is 0 Å². The highest BCUT2D eigenvalue weighted by Gasteiger charge is 2.34. The number of likely N-dealkylation sites (tertiary alicyclic amines) is 1. The van der Waals surface area contributed by atoms with Crippen molar-refractivity contribution in [3.8, 4) is 0 Å². The van der Waals surface area contributed by atoms with E-state index < -0.39 is 0 Å². The van der Waals surface area contributed by atoms with Gasteiger partial charge >= 0.3 is 5.69 Å². The van der Waals surface area contributed by atoms with Crippen molar-refractivity contribution in [3.63, 3.8) is 0 Å². The van der Waals surface area contributed by atoms with Gasteiger partial charge in [0, 0.05) is 32.2 Å². The molecule has 1 aromatic rings. The molecule has 4 rings (SSSR count). The Morgan fingerprint density at radius 3 is 2.59 bits per heavy atom. The Hall–Kier alpha value is -1.14. The third-order valence-electron chi connectivity index (χ3n) is 5.33. The average Bonchev–Trinajstić information content (AvgIpc) is 3.14. The van der Waals surface area contributed by atoms with E-state index in [0.717, 1.165) is 57.7 Å². The molecule has 0 radical (unpaired) electrons. The molecule has 3 aliphatic rings. The minimum Gasteiger partial charge on any atom is -0.377 e. The monoisotopic (exact) mass is 306 g/mol. The van der Waals surface area contributed by atoms with Crippen molar-refractivity contribution in [1.29, 1.82) is 0 Å². The van der Waals surface area contributed by atoms with Gasteiger partial charge in [0.2, 0.25) is 0 Å². The van der Waals surface area contributed by atoms with Crippen LogP contribution < -0.4 is 5.69 Å². The highest BCUT2D eigenvalue weighted by Crippen LogP contribution is 2.37. The first-order valence-electron chi connectivity index (χ1n) is 8.72. The highest BCUT2D eigenvalue weighted by atomic mass is 16.5. The number of aryl methyl sites for hydroxylation is 1. The number of piperidine rings is 1. The fraction of sp³-hybridized carbons (Fsp3) is 0.875. The second-order valence-electron chi connectivity index (χ2n) is 7.08. The molecule has 3 heterocycles. The molecule has 0 amide bonds. The third-order valence-corrected chi connectivity index (χ3v) is 5.33. The predicted molar refractivity (Wildman–Crippen MR) is 83.1 cm³/mol. The SMILES string of the molecule is Cn1nc(C2CCN(CC3CCCO3)CC2)n(C2CC2)c1=O. The Kier molecular flexibility index (Phi) is 3.82. The van der Waals surface area contributed by atoms with Gasteiger partial charge in [-0.1, -0.05) is 0 Å². The summed E-state index contributed by atoms with van der Waals surface area (Å²) >= 11 is 0. The van der Waals surface area contributed by atoms with Gasteiger partial charge in [-0.3, -0.25) is 4.57 Å². The van der Waals surface area contributed by atoms with Gasteiger partial charge in [-0.05, 0) is 51.6 Å². The smallest absolute Gasteiger partial charge is 0.345 e. The highest BCUT2D eigenvalue weighted by molar-refractivity contribution is 5.04. The number of hydrogen-bond acceptors (Lipinski definition) is 4. The van der Waals surface area contributed by atoms with Crippen molar-refractivity contribution in [3.05, 3.63) is 16.3 Å². The molecule has 1 saturated carbocycles. The third kappa shape index (κ3) is 2.74. The summed E-state index contributed by atoms with van der Waals surface area (Å²) in [6.07, 6.45) is 7.35. The lowest BCUT2D eigenvalue weighted by molar-refractivity contribution is 0.0638. The molecule has 3 fully saturated rings. The van der Waals surface area contributed by atoms with E-state index in [-0.39, 0.29) is 5.69 Å². The predicted octanol–water partition coefficient (Wildman–Crippen LogP) is 1.28. The van der Waals surface area contributed by atoms with E-state index in [4.69, 9.17) is 4.74 Å². The van der Waals surface area contributed by atoms with Crippen LogP contribution in [-0.4, -0.2) is 51.6 Å². The number of hydrogen-bond donors (Lipinski definition) is 0. The number of aromatic nitrogens is 3. The van der Waals surface area contributed by atoms with E-state index in [2.05, 4.69) is 10.00 Å². The number of ether oxygens (including phenoxy) is 1. The standard InChI is InChI=1S/C16H26N4O2/c1-18-16(21)20(13-4-5-13)15(17-18)12-6-8-19(9-7-12)11-14-3-2-10-22-14/h12-14H,2-11H2,1H3. The largest absolute Gasteiger partial charge is 0.377 e. The molecule has 2 saturated heterocycles. The summed E-state index contributed by atoms with van der Waals surface area (Å²) in [6, 6.07) is 0.418. The Bertz CT molecular complexity index is 575. The van der Waals surface area contributed by atoms with Gasteiger partial charge in [0.1, 0.15) is 5.82 Å². The maximum atomic E-state index is 12.2. The summed E-state index contributed by atoms with van der Waals surface area (Å²) in [5.41, 5.74) is 0.0688. The summed E-state index contributed by atoms with van der Waals surface area (Å²) in [4.78, 5) is 14.8. The first kappa shape index (κ1) is 14.5. The molecule has 1 aromatic heterocycles. The van der Waals surface area contributed by atoms with Crippen molar-refractivity contribution >= 4 is 0 Å². The van der Waals surface area contributed by atoms with Crippen LogP contribution in [0.5, 0.6) is 0 Å². The molecular weight excluding hydrogens is 280 g/mol. The van der Waals surface area contributed by atoms with E-state index in [0.29, 0.717) is 18.1 Å². The summed E-state index contributed by atoms with van der Waals surface area (Å²) < 4.78 is 9.24. The molecule has 0 aromatic carbocycles. The molecule has 1 aliphatic carbocycles. The van der Waals surface area contributed by atoms with Crippen LogP contribution >= 0.6 is 0 Å². The van der Waals surface area contributed by atoms with Gasteiger partial charge < -0.3 is 9.64 Å². The van der Waals surface area contributed by atoms with Crippen molar-refractivity contribution in [1.82, 2.24) is 19.2 Å². The van der Waals surface area contributed by atoms with Crippen LogP contribution in [0.1, 0.15) is 56.3 Å². The Labute approximate surface area is 131 Å². The quantitative estimate of drug-likeness (QED) is 0.841. The molecule has 22 heavy (non-hydrogen) atoms. The maximum absolute atomic E-state index is 12.2. The maximum Gasteiger partial charge on any atom is 0.345 e. The van der Waals surface area contributed by atoms with Crippen LogP contribution in [0.15, 0.2) is 4.79 Å². The minimum absolute atomic E-state index is 0.0688. The summed E-state index contributed by atoms with van der Waals surface area (Å²) in [7, 11) is 1.78. The fourth-order valence-corrected chi connectivity index (χ4v) is 3.90. The molecule has 0 N–H and O–H groups in total. The zero-order valence-corrected chi connectivity index (χ0v) is 13.4. The van der Waals surface area contributed by atoms with Crippen LogP contribution in [0.3, 0.4) is 0 Å². The molecule has 122 valence electrons. The Balaban J connectivity index is 1.41. The second kappa shape index (κ2) is 5.81. The van der Waals surface area contributed by atoms with Crippen LogP contribution in [0.4, 0.5) is 0 Å². The van der Waals surface area contributed by atoms with E-state index >= 15 is 0 Å². The molecule has 0 spiro atoms. The zero-order chi connectivity index (χ0) is 15.1. The van der Waals surface area contributed by atoms with Crippen LogP contribution in [0, 0.1) is 0 Å². The molecule has 6 heteroatoms. The van der Waals surface area contributed by atoms with Crippen LogP contribution in [0.2, 0.25) is 0 Å². The lowest BCUT2D eigenvalue weighted by Gasteiger charge is -2.32. The van der Waals surface area contributed by atoms with Gasteiger partial charge in [-0.2, -0.15) is 5.10 Å². The number of rotatable bonds is 4. The first-order valence-corrected chi connectivity index (χ1v) is 8.72. The molecule has 2 aliphatic heterocycles. The summed E-state index contributed by atoms with van der Waals surface area (Å²) in [6.45, 7) is 4.20. The van der Waals surface area contributed by atoms with Gasteiger partial charge in [0.15, 0.2) is 0 Å². The van der Waals surface area contributed by atoms with Crippen molar-refractivity contribution < 1.29 is 4.74 Å². The van der Waals surface area contributed by atoms with E-state index in [1.165, 1.54) is 17.5 Å². The lowest BCUT2D eigenvalue weighted by atomic mass is 9.95. The Morgan fingerprint density at radius 2 is 1.95 bits per heavy atom. The number of nitrogens with zero attached hydrogens (tertiary/aromatic N) is 4. The molecule has 6 nitrogen and oxygen atoms in total. The zero-order valence-electron chi connectivity index (χ0n) is 13.4. The van der Waals surface area contributed by atoms with Crippen molar-refractivity contribution in [2.45, 2.75) is 56.6 Å².